The number of sulfonamides is 1. The molecular weight excluding hydrogens is 270 g/mol. The third-order valence-corrected chi connectivity index (χ3v) is 5.90. The summed E-state index contributed by atoms with van der Waals surface area (Å²) in [5.74, 6) is -0.386. The van der Waals surface area contributed by atoms with Gasteiger partial charge in [-0.25, -0.2) is 8.42 Å². The summed E-state index contributed by atoms with van der Waals surface area (Å²) in [5.41, 5.74) is 0. The largest absolute Gasteiger partial charge is 0.469 e. The molecule has 2 fully saturated rings. The Morgan fingerprint density at radius 3 is 2.63 bits per heavy atom. The van der Waals surface area contributed by atoms with Crippen molar-refractivity contribution >= 4 is 16.0 Å². The molecule has 2 rings (SSSR count). The molecule has 0 aromatic carbocycles. The molecule has 1 unspecified atom stereocenters. The van der Waals surface area contributed by atoms with Gasteiger partial charge in [-0.1, -0.05) is 0 Å². The van der Waals surface area contributed by atoms with Gasteiger partial charge < -0.3 is 9.47 Å². The highest BCUT2D eigenvalue weighted by molar-refractivity contribution is 7.90. The van der Waals surface area contributed by atoms with Crippen LogP contribution in [-0.4, -0.2) is 56.9 Å². The molecule has 0 aromatic rings. The Hall–Kier alpha value is -0.660. The van der Waals surface area contributed by atoms with Gasteiger partial charge in [0.05, 0.1) is 24.9 Å². The van der Waals surface area contributed by atoms with Crippen LogP contribution in [0.25, 0.3) is 0 Å². The minimum Gasteiger partial charge on any atom is -0.469 e. The van der Waals surface area contributed by atoms with Crippen LogP contribution in [0, 0.1) is 0 Å². The molecule has 1 saturated carbocycles. The van der Waals surface area contributed by atoms with E-state index in [4.69, 9.17) is 4.74 Å². The maximum Gasteiger partial charge on any atom is 0.306 e. The topological polar surface area (TPSA) is 72.9 Å². The number of carbonyl (C=O) groups is 1. The van der Waals surface area contributed by atoms with Crippen LogP contribution in [0.1, 0.15) is 32.1 Å². The van der Waals surface area contributed by atoms with E-state index in [9.17, 15) is 13.2 Å². The fourth-order valence-corrected chi connectivity index (χ4v) is 4.11. The second-order valence-electron chi connectivity index (χ2n) is 5.06. The van der Waals surface area contributed by atoms with E-state index in [1.807, 2.05) is 0 Å². The van der Waals surface area contributed by atoms with Gasteiger partial charge in [0.2, 0.25) is 10.0 Å². The summed E-state index contributed by atoms with van der Waals surface area (Å²) in [5, 5.41) is -0.258. The Labute approximate surface area is 114 Å². The third-order valence-electron chi connectivity index (χ3n) is 3.53. The summed E-state index contributed by atoms with van der Waals surface area (Å²) in [7, 11) is -1.97. The second kappa shape index (κ2) is 6.19. The first-order valence-corrected chi connectivity index (χ1v) is 8.21. The average molecular weight is 291 g/mol. The van der Waals surface area contributed by atoms with E-state index < -0.39 is 10.0 Å². The summed E-state index contributed by atoms with van der Waals surface area (Å²) in [6.45, 7) is 1.24. The van der Waals surface area contributed by atoms with Crippen molar-refractivity contribution in [2.75, 3.05) is 26.8 Å². The van der Waals surface area contributed by atoms with E-state index in [1.165, 1.54) is 11.4 Å². The molecule has 0 spiro atoms. The SMILES string of the molecule is COC(=O)CCN(CC1CCCO1)S(=O)(=O)C1CC1. The normalized spacial score (nSPS) is 23.8. The number of carbonyl (C=O) groups excluding carboxylic acids is 1. The molecule has 1 heterocycles. The first-order chi connectivity index (χ1) is 9.04. The van der Waals surface area contributed by atoms with E-state index in [2.05, 4.69) is 4.74 Å². The van der Waals surface area contributed by atoms with Gasteiger partial charge in [0.25, 0.3) is 0 Å². The van der Waals surface area contributed by atoms with Gasteiger partial charge in [0, 0.05) is 19.7 Å². The van der Waals surface area contributed by atoms with Crippen LogP contribution in [0.5, 0.6) is 0 Å². The zero-order chi connectivity index (χ0) is 13.9. The van der Waals surface area contributed by atoms with Crippen molar-refractivity contribution in [3.05, 3.63) is 0 Å². The predicted octanol–water partition coefficient (Wildman–Crippen LogP) is 0.523. The van der Waals surface area contributed by atoms with Crippen LogP contribution >= 0.6 is 0 Å². The van der Waals surface area contributed by atoms with Crippen molar-refractivity contribution < 1.29 is 22.7 Å². The molecule has 1 aliphatic carbocycles. The van der Waals surface area contributed by atoms with E-state index in [0.29, 0.717) is 13.2 Å². The van der Waals surface area contributed by atoms with Gasteiger partial charge in [0.15, 0.2) is 0 Å². The molecule has 19 heavy (non-hydrogen) atoms. The van der Waals surface area contributed by atoms with Gasteiger partial charge in [-0.2, -0.15) is 4.31 Å². The van der Waals surface area contributed by atoms with Crippen molar-refractivity contribution in [1.29, 1.82) is 0 Å². The van der Waals surface area contributed by atoms with Gasteiger partial charge in [-0.3, -0.25) is 4.79 Å². The highest BCUT2D eigenvalue weighted by Crippen LogP contribution is 2.31. The van der Waals surface area contributed by atoms with Crippen molar-refractivity contribution in [2.45, 2.75) is 43.5 Å². The number of esters is 1. The van der Waals surface area contributed by atoms with Crippen molar-refractivity contribution in [1.82, 2.24) is 4.31 Å². The van der Waals surface area contributed by atoms with Crippen LogP contribution < -0.4 is 0 Å². The fraction of sp³-hybridized carbons (Fsp3) is 0.917. The van der Waals surface area contributed by atoms with Gasteiger partial charge in [-0.15, -0.1) is 0 Å². The minimum absolute atomic E-state index is 0.0360. The lowest BCUT2D eigenvalue weighted by Gasteiger charge is -2.24. The molecule has 6 nitrogen and oxygen atoms in total. The van der Waals surface area contributed by atoms with E-state index in [1.54, 1.807) is 0 Å². The summed E-state index contributed by atoms with van der Waals surface area (Å²) in [4.78, 5) is 11.2. The van der Waals surface area contributed by atoms with Crippen LogP contribution in [0.15, 0.2) is 0 Å². The molecule has 0 N–H and O–H groups in total. The average Bonchev–Trinajstić information content (AvgIpc) is 3.13. The van der Waals surface area contributed by atoms with Crippen molar-refractivity contribution in [3.8, 4) is 0 Å². The Morgan fingerprint density at radius 2 is 2.11 bits per heavy atom. The van der Waals surface area contributed by atoms with Gasteiger partial charge in [-0.05, 0) is 25.7 Å². The maximum absolute atomic E-state index is 12.3. The summed E-state index contributed by atoms with van der Waals surface area (Å²) >= 11 is 0. The lowest BCUT2D eigenvalue weighted by atomic mass is 10.2. The molecule has 0 amide bonds. The van der Waals surface area contributed by atoms with Crippen LogP contribution in [-0.2, 0) is 24.3 Å². The smallest absolute Gasteiger partial charge is 0.306 e. The standard InChI is InChI=1S/C12H21NO5S/c1-17-12(14)6-7-13(9-10-3-2-8-18-10)19(15,16)11-4-5-11/h10-11H,2-9H2,1H3. The van der Waals surface area contributed by atoms with Crippen molar-refractivity contribution in [2.24, 2.45) is 0 Å². The molecule has 2 aliphatic rings. The maximum atomic E-state index is 12.3. The van der Waals surface area contributed by atoms with E-state index in [0.717, 1.165) is 25.7 Å². The molecule has 1 saturated heterocycles. The number of hydrogen-bond acceptors (Lipinski definition) is 5. The monoisotopic (exact) mass is 291 g/mol. The Kier molecular flexibility index (Phi) is 4.81. The Morgan fingerprint density at radius 1 is 1.37 bits per heavy atom. The molecule has 7 heteroatoms. The lowest BCUT2D eigenvalue weighted by Crippen LogP contribution is -2.40. The highest BCUT2D eigenvalue weighted by Gasteiger charge is 2.41. The quantitative estimate of drug-likeness (QED) is 0.640. The molecule has 0 radical (unpaired) electrons. The van der Waals surface area contributed by atoms with Crippen LogP contribution in [0.2, 0.25) is 0 Å². The number of ether oxygens (including phenoxy) is 2. The Bertz CT molecular complexity index is 412. The minimum atomic E-state index is -3.27. The number of nitrogens with zero attached hydrogens (tertiary/aromatic N) is 1. The van der Waals surface area contributed by atoms with Crippen LogP contribution in [0.4, 0.5) is 0 Å². The molecule has 1 aliphatic heterocycles. The summed E-state index contributed by atoms with van der Waals surface area (Å²) in [6.07, 6.45) is 3.36. The zero-order valence-electron chi connectivity index (χ0n) is 11.2. The summed E-state index contributed by atoms with van der Waals surface area (Å²) < 4.78 is 36.1. The lowest BCUT2D eigenvalue weighted by molar-refractivity contribution is -0.140. The van der Waals surface area contributed by atoms with Gasteiger partial charge >= 0.3 is 5.97 Å². The predicted molar refractivity (Wildman–Crippen MR) is 69.1 cm³/mol. The zero-order valence-corrected chi connectivity index (χ0v) is 12.0. The molecule has 0 bridgehead atoms. The van der Waals surface area contributed by atoms with E-state index in [-0.39, 0.29) is 30.3 Å². The Balaban J connectivity index is 1.97. The first kappa shape index (κ1) is 14.7. The summed E-state index contributed by atoms with van der Waals surface area (Å²) in [6, 6.07) is 0. The van der Waals surface area contributed by atoms with Gasteiger partial charge in [0.1, 0.15) is 0 Å². The molecule has 1 atom stereocenters. The van der Waals surface area contributed by atoms with Crippen LogP contribution in [0.3, 0.4) is 0 Å². The number of methoxy groups -OCH3 is 1. The molecule has 0 aromatic heterocycles. The van der Waals surface area contributed by atoms with Crippen molar-refractivity contribution in [3.63, 3.8) is 0 Å². The highest BCUT2D eigenvalue weighted by atomic mass is 32.2. The first-order valence-electron chi connectivity index (χ1n) is 6.71. The molecule has 110 valence electrons. The number of hydrogen-bond donors (Lipinski definition) is 0. The third kappa shape index (κ3) is 3.90. The fourth-order valence-electron chi connectivity index (χ4n) is 2.23. The molecular formula is C12H21NO5S. The van der Waals surface area contributed by atoms with E-state index >= 15 is 0 Å². The second-order valence-corrected chi connectivity index (χ2v) is 7.28. The number of rotatable bonds is 7.